The van der Waals surface area contributed by atoms with Crippen molar-refractivity contribution in [1.82, 2.24) is 10.2 Å². The lowest BCUT2D eigenvalue weighted by atomic mass is 9.87. The number of hydrogen-bond donors (Lipinski definition) is 1. The van der Waals surface area contributed by atoms with Crippen molar-refractivity contribution in [2.45, 2.75) is 31.4 Å². The van der Waals surface area contributed by atoms with E-state index in [1.807, 2.05) is 18.2 Å². The predicted molar refractivity (Wildman–Crippen MR) is 111 cm³/mol. The molecule has 0 atom stereocenters. The summed E-state index contributed by atoms with van der Waals surface area (Å²) in [6, 6.07) is 11.9. The number of halogens is 1. The summed E-state index contributed by atoms with van der Waals surface area (Å²) in [4.78, 5) is 12.4. The fourth-order valence-electron chi connectivity index (χ4n) is 2.60. The highest BCUT2D eigenvalue weighted by molar-refractivity contribution is 7.99. The molecule has 0 radical (unpaired) electrons. The highest BCUT2D eigenvalue weighted by Gasteiger charge is 2.18. The molecule has 1 amide bonds. The van der Waals surface area contributed by atoms with E-state index in [4.69, 9.17) is 9.15 Å². The number of hydrogen-bond acceptors (Lipinski definition) is 6. The van der Waals surface area contributed by atoms with Crippen LogP contribution in [0.2, 0.25) is 0 Å². The summed E-state index contributed by atoms with van der Waals surface area (Å²) in [6.07, 6.45) is 0. The lowest BCUT2D eigenvalue weighted by molar-refractivity contribution is -0.113. The first-order chi connectivity index (χ1) is 13.8. The SMILES string of the molecule is COc1ccc(C(C)(C)C)cc1NC(=O)CSc1nnc(-c2ccccc2F)o1. The Morgan fingerprint density at radius 3 is 2.66 bits per heavy atom. The third-order valence-corrected chi connectivity index (χ3v) is 5.00. The summed E-state index contributed by atoms with van der Waals surface area (Å²) in [5.74, 6) is 0.0183. The molecule has 0 bridgehead atoms. The van der Waals surface area contributed by atoms with Crippen molar-refractivity contribution in [3.63, 3.8) is 0 Å². The van der Waals surface area contributed by atoms with E-state index in [9.17, 15) is 9.18 Å². The van der Waals surface area contributed by atoms with Gasteiger partial charge in [0.2, 0.25) is 5.91 Å². The van der Waals surface area contributed by atoms with Crippen LogP contribution in [0.1, 0.15) is 26.3 Å². The molecule has 3 aromatic rings. The van der Waals surface area contributed by atoms with Crippen LogP contribution in [-0.2, 0) is 10.2 Å². The maximum atomic E-state index is 13.8. The molecule has 0 unspecified atom stereocenters. The smallest absolute Gasteiger partial charge is 0.277 e. The first-order valence-corrected chi connectivity index (χ1v) is 9.96. The Bertz CT molecular complexity index is 1010. The Morgan fingerprint density at radius 1 is 1.21 bits per heavy atom. The van der Waals surface area contributed by atoms with Crippen LogP contribution in [0.3, 0.4) is 0 Å². The second kappa shape index (κ2) is 8.65. The molecule has 0 aliphatic carbocycles. The number of thioether (sulfide) groups is 1. The van der Waals surface area contributed by atoms with Crippen molar-refractivity contribution in [2.75, 3.05) is 18.2 Å². The molecule has 1 heterocycles. The number of carbonyl (C=O) groups is 1. The fraction of sp³-hybridized carbons (Fsp3) is 0.286. The quantitative estimate of drug-likeness (QED) is 0.576. The number of ether oxygens (including phenoxy) is 1. The maximum Gasteiger partial charge on any atom is 0.277 e. The van der Waals surface area contributed by atoms with Crippen molar-refractivity contribution in [1.29, 1.82) is 0 Å². The second-order valence-electron chi connectivity index (χ2n) is 7.35. The van der Waals surface area contributed by atoms with E-state index in [-0.39, 0.29) is 33.8 Å². The van der Waals surface area contributed by atoms with Crippen molar-refractivity contribution < 1.29 is 18.3 Å². The zero-order valence-electron chi connectivity index (χ0n) is 16.7. The molecule has 0 aliphatic rings. The maximum absolute atomic E-state index is 13.8. The largest absolute Gasteiger partial charge is 0.495 e. The van der Waals surface area contributed by atoms with E-state index >= 15 is 0 Å². The third kappa shape index (κ3) is 5.14. The number of carbonyl (C=O) groups excluding carboxylic acids is 1. The van der Waals surface area contributed by atoms with Crippen LogP contribution in [0, 0.1) is 5.82 Å². The Labute approximate surface area is 172 Å². The molecule has 0 spiro atoms. The minimum Gasteiger partial charge on any atom is -0.495 e. The zero-order valence-corrected chi connectivity index (χ0v) is 17.5. The number of aromatic nitrogens is 2. The van der Waals surface area contributed by atoms with Gasteiger partial charge in [-0.05, 0) is 35.2 Å². The first kappa shape index (κ1) is 20.9. The molecular formula is C21H22FN3O3S. The van der Waals surface area contributed by atoms with E-state index in [0.29, 0.717) is 11.4 Å². The van der Waals surface area contributed by atoms with Gasteiger partial charge in [0.05, 0.1) is 24.1 Å². The molecule has 1 N–H and O–H groups in total. The van der Waals surface area contributed by atoms with Crippen LogP contribution >= 0.6 is 11.8 Å². The van der Waals surface area contributed by atoms with Crippen molar-refractivity contribution in [2.24, 2.45) is 0 Å². The van der Waals surface area contributed by atoms with Crippen molar-refractivity contribution in [3.05, 3.63) is 53.8 Å². The normalized spacial score (nSPS) is 11.3. The Hall–Kier alpha value is -2.87. The van der Waals surface area contributed by atoms with Gasteiger partial charge in [0, 0.05) is 0 Å². The number of amides is 1. The van der Waals surface area contributed by atoms with Gasteiger partial charge in [-0.25, -0.2) is 4.39 Å². The summed E-state index contributed by atoms with van der Waals surface area (Å²) < 4.78 is 24.6. The molecule has 0 saturated carbocycles. The Balaban J connectivity index is 1.66. The molecule has 6 nitrogen and oxygen atoms in total. The monoisotopic (exact) mass is 415 g/mol. The van der Waals surface area contributed by atoms with Gasteiger partial charge in [-0.2, -0.15) is 0 Å². The van der Waals surface area contributed by atoms with Gasteiger partial charge in [0.25, 0.3) is 11.1 Å². The van der Waals surface area contributed by atoms with E-state index in [1.165, 1.54) is 6.07 Å². The molecule has 0 saturated heterocycles. The highest BCUT2D eigenvalue weighted by atomic mass is 32.2. The molecule has 8 heteroatoms. The number of rotatable bonds is 6. The predicted octanol–water partition coefficient (Wildman–Crippen LogP) is 4.91. The summed E-state index contributed by atoms with van der Waals surface area (Å²) in [5, 5.41) is 10.8. The molecule has 0 aliphatic heterocycles. The van der Waals surface area contributed by atoms with Gasteiger partial charge in [0.1, 0.15) is 11.6 Å². The van der Waals surface area contributed by atoms with Crippen LogP contribution < -0.4 is 10.1 Å². The molecular weight excluding hydrogens is 393 g/mol. The number of nitrogens with zero attached hydrogens (tertiary/aromatic N) is 2. The van der Waals surface area contributed by atoms with Crippen LogP contribution in [0.4, 0.5) is 10.1 Å². The minimum atomic E-state index is -0.448. The molecule has 152 valence electrons. The number of nitrogens with one attached hydrogen (secondary N) is 1. The summed E-state index contributed by atoms with van der Waals surface area (Å²) in [5.41, 5.74) is 1.84. The summed E-state index contributed by atoms with van der Waals surface area (Å²) >= 11 is 1.08. The van der Waals surface area contributed by atoms with E-state index < -0.39 is 5.82 Å². The molecule has 2 aromatic carbocycles. The second-order valence-corrected chi connectivity index (χ2v) is 8.28. The van der Waals surface area contributed by atoms with E-state index in [2.05, 4.69) is 36.3 Å². The average molecular weight is 415 g/mol. The Kier molecular flexibility index (Phi) is 6.22. The molecule has 1 aromatic heterocycles. The molecule has 29 heavy (non-hydrogen) atoms. The Morgan fingerprint density at radius 2 is 1.97 bits per heavy atom. The van der Waals surface area contributed by atoms with Gasteiger partial charge < -0.3 is 14.5 Å². The van der Waals surface area contributed by atoms with E-state index in [0.717, 1.165) is 17.3 Å². The van der Waals surface area contributed by atoms with Gasteiger partial charge in [-0.3, -0.25) is 4.79 Å². The molecule has 0 fully saturated rings. The molecule has 3 rings (SSSR count). The first-order valence-electron chi connectivity index (χ1n) is 8.97. The van der Waals surface area contributed by atoms with Crippen LogP contribution in [0.25, 0.3) is 11.5 Å². The minimum absolute atomic E-state index is 0.0573. The summed E-state index contributed by atoms with van der Waals surface area (Å²) in [6.45, 7) is 6.29. The van der Waals surface area contributed by atoms with Crippen molar-refractivity contribution >= 4 is 23.4 Å². The zero-order chi connectivity index (χ0) is 21.0. The van der Waals surface area contributed by atoms with Gasteiger partial charge >= 0.3 is 0 Å². The summed E-state index contributed by atoms with van der Waals surface area (Å²) in [7, 11) is 1.55. The van der Waals surface area contributed by atoms with Gasteiger partial charge in [-0.15, -0.1) is 10.2 Å². The number of anilines is 1. The third-order valence-electron chi connectivity index (χ3n) is 4.18. The van der Waals surface area contributed by atoms with Gasteiger partial charge in [-0.1, -0.05) is 50.7 Å². The van der Waals surface area contributed by atoms with Gasteiger partial charge in [0.15, 0.2) is 0 Å². The van der Waals surface area contributed by atoms with Crippen LogP contribution in [0.5, 0.6) is 5.75 Å². The lowest BCUT2D eigenvalue weighted by Gasteiger charge is -2.21. The average Bonchev–Trinajstić information content (AvgIpc) is 3.15. The van der Waals surface area contributed by atoms with E-state index in [1.54, 1.807) is 25.3 Å². The number of methoxy groups -OCH3 is 1. The van der Waals surface area contributed by atoms with Crippen LogP contribution in [0.15, 0.2) is 52.1 Å². The fourth-order valence-corrected chi connectivity index (χ4v) is 3.16. The van der Waals surface area contributed by atoms with Crippen LogP contribution in [-0.4, -0.2) is 29.0 Å². The topological polar surface area (TPSA) is 77.2 Å². The van der Waals surface area contributed by atoms with Crippen molar-refractivity contribution in [3.8, 4) is 17.2 Å². The number of benzene rings is 2. The standard InChI is InChI=1S/C21H22FN3O3S/c1-21(2,3)13-9-10-17(27-4)16(11-13)23-18(26)12-29-20-25-24-19(28-20)14-7-5-6-8-15(14)22/h5-11H,12H2,1-4H3,(H,23,26). The highest BCUT2D eigenvalue weighted by Crippen LogP contribution is 2.32. The lowest BCUT2D eigenvalue weighted by Crippen LogP contribution is -2.17.